The molecular formula is C12H14N2O. The van der Waals surface area contributed by atoms with Gasteiger partial charge in [0.2, 0.25) is 0 Å². The molecule has 0 saturated carbocycles. The van der Waals surface area contributed by atoms with Crippen molar-refractivity contribution in [1.82, 2.24) is 4.90 Å². The quantitative estimate of drug-likeness (QED) is 0.785. The van der Waals surface area contributed by atoms with Gasteiger partial charge in [-0.3, -0.25) is 4.90 Å². The number of hydrogen-bond donors (Lipinski definition) is 1. The van der Waals surface area contributed by atoms with Gasteiger partial charge in [0.05, 0.1) is 5.69 Å². The zero-order chi connectivity index (χ0) is 10.8. The maximum Gasteiger partial charge on any atom is 0.326 e. The molecule has 2 amide bonds. The third-order valence-electron chi connectivity index (χ3n) is 2.50. The fourth-order valence-corrected chi connectivity index (χ4v) is 1.75. The zero-order valence-electron chi connectivity index (χ0n) is 8.79. The summed E-state index contributed by atoms with van der Waals surface area (Å²) in [5.41, 5.74) is 2.64. The van der Waals surface area contributed by atoms with E-state index in [4.69, 9.17) is 0 Å². The van der Waals surface area contributed by atoms with E-state index >= 15 is 0 Å². The summed E-state index contributed by atoms with van der Waals surface area (Å²) in [5.74, 6) is 0. The number of anilines is 1. The monoisotopic (exact) mass is 202 g/mol. The van der Waals surface area contributed by atoms with Crippen LogP contribution in [0.5, 0.6) is 0 Å². The average Bonchev–Trinajstić information content (AvgIpc) is 2.24. The molecule has 0 unspecified atom stereocenters. The predicted octanol–water partition coefficient (Wildman–Crippen LogP) is 2.91. The van der Waals surface area contributed by atoms with Crippen LogP contribution in [0.2, 0.25) is 0 Å². The first-order valence-electron chi connectivity index (χ1n) is 5.11. The van der Waals surface area contributed by atoms with Crippen molar-refractivity contribution < 1.29 is 4.79 Å². The fraction of sp³-hybridized carbons (Fsp3) is 0.250. The number of para-hydroxylation sites is 1. The number of urea groups is 1. The molecule has 1 aliphatic heterocycles. The standard InChI is InChI=1S/C12H14N2O/c1-3-8-14-9(2)10-6-4-5-7-11(10)13-12(14)15/h4-7H,2-3,8H2,1H3,(H,13,15). The molecule has 0 atom stereocenters. The van der Waals surface area contributed by atoms with Crippen molar-refractivity contribution in [2.75, 3.05) is 11.9 Å². The number of fused-ring (bicyclic) bond motifs is 1. The van der Waals surface area contributed by atoms with Crippen LogP contribution in [0, 0.1) is 0 Å². The molecule has 78 valence electrons. The van der Waals surface area contributed by atoms with Gasteiger partial charge in [0.25, 0.3) is 0 Å². The number of carbonyl (C=O) groups is 1. The highest BCUT2D eigenvalue weighted by Gasteiger charge is 2.24. The van der Waals surface area contributed by atoms with E-state index < -0.39 is 0 Å². The minimum Gasteiger partial charge on any atom is -0.307 e. The van der Waals surface area contributed by atoms with Gasteiger partial charge in [0, 0.05) is 17.8 Å². The predicted molar refractivity (Wildman–Crippen MR) is 61.5 cm³/mol. The van der Waals surface area contributed by atoms with Gasteiger partial charge in [-0.25, -0.2) is 4.79 Å². The molecule has 0 spiro atoms. The number of carbonyl (C=O) groups excluding carboxylic acids is 1. The number of nitrogens with zero attached hydrogens (tertiary/aromatic N) is 1. The Balaban J connectivity index is 2.38. The third-order valence-corrected chi connectivity index (χ3v) is 2.50. The van der Waals surface area contributed by atoms with Gasteiger partial charge in [-0.1, -0.05) is 31.7 Å². The number of amides is 2. The minimum atomic E-state index is -0.0828. The van der Waals surface area contributed by atoms with Crippen LogP contribution in [0.3, 0.4) is 0 Å². The lowest BCUT2D eigenvalue weighted by atomic mass is 10.1. The molecule has 3 heteroatoms. The zero-order valence-corrected chi connectivity index (χ0v) is 8.79. The lowest BCUT2D eigenvalue weighted by molar-refractivity contribution is 0.230. The van der Waals surface area contributed by atoms with Crippen LogP contribution >= 0.6 is 0 Å². The van der Waals surface area contributed by atoms with Crippen molar-refractivity contribution in [3.8, 4) is 0 Å². The van der Waals surface area contributed by atoms with Crippen molar-refractivity contribution in [2.24, 2.45) is 0 Å². The highest BCUT2D eigenvalue weighted by Crippen LogP contribution is 2.30. The first kappa shape index (κ1) is 9.77. The Kier molecular flexibility index (Phi) is 2.46. The van der Waals surface area contributed by atoms with Gasteiger partial charge in [-0.05, 0) is 12.5 Å². The van der Waals surface area contributed by atoms with E-state index in [0.29, 0.717) is 6.54 Å². The molecular weight excluding hydrogens is 188 g/mol. The molecule has 0 saturated heterocycles. The van der Waals surface area contributed by atoms with Crippen LogP contribution in [0.1, 0.15) is 18.9 Å². The van der Waals surface area contributed by atoms with Crippen LogP contribution in [-0.4, -0.2) is 17.5 Å². The number of hydrogen-bond acceptors (Lipinski definition) is 1. The average molecular weight is 202 g/mol. The molecule has 0 aromatic heterocycles. The van der Waals surface area contributed by atoms with Gasteiger partial charge in [-0.15, -0.1) is 0 Å². The molecule has 15 heavy (non-hydrogen) atoms. The summed E-state index contributed by atoms with van der Waals surface area (Å²) in [5, 5.41) is 2.85. The highest BCUT2D eigenvalue weighted by molar-refractivity contribution is 6.02. The summed E-state index contributed by atoms with van der Waals surface area (Å²) in [7, 11) is 0. The summed E-state index contributed by atoms with van der Waals surface area (Å²) < 4.78 is 0. The molecule has 2 rings (SSSR count). The topological polar surface area (TPSA) is 32.3 Å². The maximum atomic E-state index is 11.7. The van der Waals surface area contributed by atoms with E-state index in [1.165, 1.54) is 0 Å². The smallest absolute Gasteiger partial charge is 0.307 e. The summed E-state index contributed by atoms with van der Waals surface area (Å²) in [6.45, 7) is 6.72. The van der Waals surface area contributed by atoms with Gasteiger partial charge < -0.3 is 5.32 Å². The third kappa shape index (κ3) is 1.61. The number of benzene rings is 1. The molecule has 0 bridgehead atoms. The van der Waals surface area contributed by atoms with Gasteiger partial charge >= 0.3 is 6.03 Å². The van der Waals surface area contributed by atoms with Gasteiger partial charge in [0.15, 0.2) is 0 Å². The van der Waals surface area contributed by atoms with Crippen LogP contribution < -0.4 is 5.32 Å². The first-order valence-corrected chi connectivity index (χ1v) is 5.11. The molecule has 3 nitrogen and oxygen atoms in total. The summed E-state index contributed by atoms with van der Waals surface area (Å²) in [6, 6.07) is 7.63. The highest BCUT2D eigenvalue weighted by atomic mass is 16.2. The Labute approximate surface area is 89.4 Å². The van der Waals surface area contributed by atoms with E-state index in [9.17, 15) is 4.79 Å². The Morgan fingerprint density at radius 2 is 2.13 bits per heavy atom. The molecule has 1 aliphatic rings. The summed E-state index contributed by atoms with van der Waals surface area (Å²) in [4.78, 5) is 13.4. The maximum absolute atomic E-state index is 11.7. The molecule has 0 fully saturated rings. The summed E-state index contributed by atoms with van der Waals surface area (Å²) in [6.07, 6.45) is 0.925. The Hall–Kier alpha value is -1.77. The van der Waals surface area contributed by atoms with E-state index in [-0.39, 0.29) is 6.03 Å². The molecule has 1 aromatic carbocycles. The molecule has 1 aromatic rings. The van der Waals surface area contributed by atoms with E-state index in [0.717, 1.165) is 23.4 Å². The Bertz CT molecular complexity index is 412. The van der Waals surface area contributed by atoms with Crippen molar-refractivity contribution in [1.29, 1.82) is 0 Å². The fourth-order valence-electron chi connectivity index (χ4n) is 1.75. The minimum absolute atomic E-state index is 0.0828. The van der Waals surface area contributed by atoms with Crippen molar-refractivity contribution >= 4 is 17.4 Å². The van der Waals surface area contributed by atoms with Crippen LogP contribution in [0.25, 0.3) is 5.70 Å². The summed E-state index contributed by atoms with van der Waals surface area (Å²) >= 11 is 0. The molecule has 0 aliphatic carbocycles. The lowest BCUT2D eigenvalue weighted by Gasteiger charge is -2.30. The second-order valence-corrected chi connectivity index (χ2v) is 3.57. The van der Waals surface area contributed by atoms with E-state index in [1.807, 2.05) is 31.2 Å². The SMILES string of the molecule is C=C1c2ccccc2NC(=O)N1CCC. The Morgan fingerprint density at radius 1 is 1.40 bits per heavy atom. The van der Waals surface area contributed by atoms with E-state index in [2.05, 4.69) is 11.9 Å². The number of rotatable bonds is 2. The largest absolute Gasteiger partial charge is 0.326 e. The molecule has 0 radical (unpaired) electrons. The van der Waals surface area contributed by atoms with Crippen molar-refractivity contribution in [2.45, 2.75) is 13.3 Å². The van der Waals surface area contributed by atoms with E-state index in [1.54, 1.807) is 4.90 Å². The van der Waals surface area contributed by atoms with Crippen LogP contribution in [0.4, 0.5) is 10.5 Å². The van der Waals surface area contributed by atoms with Gasteiger partial charge in [0.1, 0.15) is 0 Å². The van der Waals surface area contributed by atoms with Crippen LogP contribution in [-0.2, 0) is 0 Å². The second kappa shape index (κ2) is 3.77. The first-order chi connectivity index (χ1) is 7.24. The van der Waals surface area contributed by atoms with Crippen LogP contribution in [0.15, 0.2) is 30.8 Å². The Morgan fingerprint density at radius 3 is 2.87 bits per heavy atom. The molecule has 1 heterocycles. The van der Waals surface area contributed by atoms with Crippen molar-refractivity contribution in [3.63, 3.8) is 0 Å². The normalized spacial score (nSPS) is 14.9. The van der Waals surface area contributed by atoms with Crippen molar-refractivity contribution in [3.05, 3.63) is 36.4 Å². The molecule has 1 N–H and O–H groups in total. The number of nitrogens with one attached hydrogen (secondary N) is 1. The van der Waals surface area contributed by atoms with Gasteiger partial charge in [-0.2, -0.15) is 0 Å². The second-order valence-electron chi connectivity index (χ2n) is 3.57. The lowest BCUT2D eigenvalue weighted by Crippen LogP contribution is -2.37.